The highest BCUT2D eigenvalue weighted by Crippen LogP contribution is 2.19. The molecule has 1 aliphatic carbocycles. The molecule has 2 rings (SSSR count). The maximum absolute atomic E-state index is 4.17. The Labute approximate surface area is 92.7 Å². The van der Waals surface area contributed by atoms with E-state index in [1.54, 1.807) is 23.1 Å². The van der Waals surface area contributed by atoms with Crippen molar-refractivity contribution in [3.63, 3.8) is 0 Å². The summed E-state index contributed by atoms with van der Waals surface area (Å²) in [6.07, 6.45) is 5.83. The van der Waals surface area contributed by atoms with Gasteiger partial charge in [0.25, 0.3) is 0 Å². The van der Waals surface area contributed by atoms with E-state index < -0.39 is 0 Å². The van der Waals surface area contributed by atoms with Gasteiger partial charge in [0.1, 0.15) is 10.0 Å². The predicted octanol–water partition coefficient (Wildman–Crippen LogP) is 1.70. The molecule has 0 saturated heterocycles. The van der Waals surface area contributed by atoms with Gasteiger partial charge in [0.05, 0.1) is 0 Å². The lowest BCUT2D eigenvalue weighted by Crippen LogP contribution is -2.19. The molecule has 5 heteroatoms. The van der Waals surface area contributed by atoms with Crippen molar-refractivity contribution >= 4 is 23.1 Å². The molecule has 0 spiro atoms. The fourth-order valence-corrected chi connectivity index (χ4v) is 2.78. The molecule has 1 aromatic heterocycles. The fraction of sp³-hybridized carbons (Fsp3) is 0.778. The topological polar surface area (TPSA) is 37.8 Å². The first kappa shape index (κ1) is 10.4. The fourth-order valence-electron chi connectivity index (χ4n) is 1.24. The molecule has 0 atom stereocenters. The van der Waals surface area contributed by atoms with Crippen LogP contribution in [0.4, 0.5) is 0 Å². The van der Waals surface area contributed by atoms with Crippen molar-refractivity contribution in [3.8, 4) is 0 Å². The van der Waals surface area contributed by atoms with Gasteiger partial charge in [-0.2, -0.15) is 11.8 Å². The number of nitrogens with zero attached hydrogens (tertiary/aromatic N) is 2. The third kappa shape index (κ3) is 3.22. The van der Waals surface area contributed by atoms with E-state index >= 15 is 0 Å². The van der Waals surface area contributed by atoms with E-state index in [1.165, 1.54) is 17.8 Å². The Balaban J connectivity index is 1.71. The Kier molecular flexibility index (Phi) is 3.78. The average molecular weight is 229 g/mol. The van der Waals surface area contributed by atoms with Crippen molar-refractivity contribution < 1.29 is 0 Å². The molecule has 0 aromatic carbocycles. The van der Waals surface area contributed by atoms with Crippen molar-refractivity contribution in [2.45, 2.75) is 31.1 Å². The third-order valence-electron chi connectivity index (χ3n) is 2.13. The van der Waals surface area contributed by atoms with E-state index in [0.717, 1.165) is 29.8 Å². The standard InChI is InChI=1S/C9H15N3S2/c1-13-6-9-12-11-8(14-9)4-5-10-7-2-3-7/h7,10H,2-6H2,1H3. The molecule has 0 bridgehead atoms. The van der Waals surface area contributed by atoms with Gasteiger partial charge in [-0.1, -0.05) is 0 Å². The second-order valence-electron chi connectivity index (χ2n) is 3.50. The Morgan fingerprint density at radius 3 is 2.93 bits per heavy atom. The first-order chi connectivity index (χ1) is 6.88. The summed E-state index contributed by atoms with van der Waals surface area (Å²) in [5, 5.41) is 14.1. The number of rotatable bonds is 6. The summed E-state index contributed by atoms with van der Waals surface area (Å²) in [4.78, 5) is 0. The first-order valence-electron chi connectivity index (χ1n) is 4.92. The van der Waals surface area contributed by atoms with Crippen LogP contribution < -0.4 is 5.32 Å². The second kappa shape index (κ2) is 5.09. The van der Waals surface area contributed by atoms with Crippen LogP contribution in [-0.2, 0) is 12.2 Å². The van der Waals surface area contributed by atoms with Crippen molar-refractivity contribution in [1.29, 1.82) is 0 Å². The summed E-state index contributed by atoms with van der Waals surface area (Å²) >= 11 is 3.55. The van der Waals surface area contributed by atoms with Gasteiger partial charge in [-0.05, 0) is 19.1 Å². The molecule has 0 unspecified atom stereocenters. The normalized spacial score (nSPS) is 16.1. The summed E-state index contributed by atoms with van der Waals surface area (Å²) in [6, 6.07) is 0.800. The Bertz CT molecular complexity index is 283. The van der Waals surface area contributed by atoms with Gasteiger partial charge in [-0.25, -0.2) is 0 Å². The molecule has 78 valence electrons. The number of hydrogen-bond acceptors (Lipinski definition) is 5. The minimum Gasteiger partial charge on any atom is -0.314 e. The smallest absolute Gasteiger partial charge is 0.127 e. The molecular weight excluding hydrogens is 214 g/mol. The molecular formula is C9H15N3S2. The third-order valence-corrected chi connectivity index (χ3v) is 3.85. The average Bonchev–Trinajstić information content (AvgIpc) is 2.88. The molecule has 0 aliphatic heterocycles. The van der Waals surface area contributed by atoms with E-state index in [9.17, 15) is 0 Å². The van der Waals surface area contributed by atoms with Crippen LogP contribution in [0.5, 0.6) is 0 Å². The molecule has 1 heterocycles. The summed E-state index contributed by atoms with van der Waals surface area (Å²) in [5.41, 5.74) is 0. The van der Waals surface area contributed by atoms with Gasteiger partial charge in [0, 0.05) is 24.8 Å². The van der Waals surface area contributed by atoms with Crippen LogP contribution in [-0.4, -0.2) is 29.0 Å². The van der Waals surface area contributed by atoms with Gasteiger partial charge in [-0.15, -0.1) is 21.5 Å². The van der Waals surface area contributed by atoms with E-state index in [0.29, 0.717) is 0 Å². The maximum Gasteiger partial charge on any atom is 0.127 e. The van der Waals surface area contributed by atoms with Crippen LogP contribution in [0.3, 0.4) is 0 Å². The van der Waals surface area contributed by atoms with Gasteiger partial charge in [0.2, 0.25) is 0 Å². The Morgan fingerprint density at radius 2 is 2.21 bits per heavy atom. The summed E-state index contributed by atoms with van der Waals surface area (Å²) in [7, 11) is 0. The lowest BCUT2D eigenvalue weighted by molar-refractivity contribution is 0.677. The predicted molar refractivity (Wildman–Crippen MR) is 61.9 cm³/mol. The largest absolute Gasteiger partial charge is 0.314 e. The number of thioether (sulfide) groups is 1. The molecule has 0 amide bonds. The van der Waals surface area contributed by atoms with Crippen LogP contribution in [0.2, 0.25) is 0 Å². The number of nitrogens with one attached hydrogen (secondary N) is 1. The van der Waals surface area contributed by atoms with E-state index in [2.05, 4.69) is 21.8 Å². The van der Waals surface area contributed by atoms with Crippen LogP contribution in [0.15, 0.2) is 0 Å². The molecule has 1 N–H and O–H groups in total. The van der Waals surface area contributed by atoms with Gasteiger partial charge >= 0.3 is 0 Å². The molecule has 1 fully saturated rings. The SMILES string of the molecule is CSCc1nnc(CCNC2CC2)s1. The van der Waals surface area contributed by atoms with Gasteiger partial charge in [-0.3, -0.25) is 0 Å². The number of hydrogen-bond donors (Lipinski definition) is 1. The van der Waals surface area contributed by atoms with Crippen LogP contribution >= 0.6 is 23.1 Å². The summed E-state index contributed by atoms with van der Waals surface area (Å²) < 4.78 is 0. The zero-order chi connectivity index (χ0) is 9.80. The van der Waals surface area contributed by atoms with E-state index in [-0.39, 0.29) is 0 Å². The van der Waals surface area contributed by atoms with E-state index in [1.807, 2.05) is 0 Å². The minimum atomic E-state index is 0.800. The highest BCUT2D eigenvalue weighted by atomic mass is 32.2. The molecule has 1 saturated carbocycles. The molecule has 14 heavy (non-hydrogen) atoms. The quantitative estimate of drug-likeness (QED) is 0.805. The molecule has 3 nitrogen and oxygen atoms in total. The lowest BCUT2D eigenvalue weighted by atomic mass is 10.4. The van der Waals surface area contributed by atoms with Crippen LogP contribution in [0.25, 0.3) is 0 Å². The molecule has 1 aliphatic rings. The lowest BCUT2D eigenvalue weighted by Gasteiger charge is -1.97. The minimum absolute atomic E-state index is 0.800. The van der Waals surface area contributed by atoms with Gasteiger partial charge in [0.15, 0.2) is 0 Å². The summed E-state index contributed by atoms with van der Waals surface area (Å²) in [6.45, 7) is 1.05. The Morgan fingerprint density at radius 1 is 1.43 bits per heavy atom. The van der Waals surface area contributed by atoms with Crippen molar-refractivity contribution in [2.75, 3.05) is 12.8 Å². The highest BCUT2D eigenvalue weighted by Gasteiger charge is 2.19. The van der Waals surface area contributed by atoms with Crippen molar-refractivity contribution in [3.05, 3.63) is 10.0 Å². The zero-order valence-corrected chi connectivity index (χ0v) is 9.96. The highest BCUT2D eigenvalue weighted by molar-refractivity contribution is 7.97. The first-order valence-corrected chi connectivity index (χ1v) is 7.13. The van der Waals surface area contributed by atoms with Gasteiger partial charge < -0.3 is 5.32 Å². The van der Waals surface area contributed by atoms with Crippen molar-refractivity contribution in [1.82, 2.24) is 15.5 Å². The van der Waals surface area contributed by atoms with E-state index in [4.69, 9.17) is 0 Å². The number of aromatic nitrogens is 2. The maximum atomic E-state index is 4.17. The Hall–Kier alpha value is -0.130. The van der Waals surface area contributed by atoms with Crippen molar-refractivity contribution in [2.24, 2.45) is 0 Å². The second-order valence-corrected chi connectivity index (χ2v) is 5.51. The molecule has 0 radical (unpaired) electrons. The van der Waals surface area contributed by atoms with Crippen LogP contribution in [0.1, 0.15) is 22.9 Å². The van der Waals surface area contributed by atoms with Crippen LogP contribution in [0, 0.1) is 0 Å². The monoisotopic (exact) mass is 229 g/mol. The molecule has 1 aromatic rings. The zero-order valence-electron chi connectivity index (χ0n) is 8.32. The summed E-state index contributed by atoms with van der Waals surface area (Å²) in [5.74, 6) is 0.994.